The maximum absolute atomic E-state index is 12.7. The molecule has 0 saturated carbocycles. The fourth-order valence-electron chi connectivity index (χ4n) is 1.23. The summed E-state index contributed by atoms with van der Waals surface area (Å²) in [6, 6.07) is 5.73. The van der Waals surface area contributed by atoms with Crippen LogP contribution >= 0.6 is 0 Å². The Morgan fingerprint density at radius 2 is 2.06 bits per heavy atom. The van der Waals surface area contributed by atoms with Gasteiger partial charge in [-0.1, -0.05) is 29.4 Å². The lowest BCUT2D eigenvalue weighted by molar-refractivity contribution is -0.0610. The van der Waals surface area contributed by atoms with Crippen molar-refractivity contribution in [2.75, 3.05) is 5.94 Å². The molecule has 0 heterocycles. The van der Waals surface area contributed by atoms with Gasteiger partial charge < -0.3 is 9.39 Å². The average molecular weight is 280 g/mol. The van der Waals surface area contributed by atoms with Crippen LogP contribution in [0.3, 0.4) is 0 Å². The number of halogens is 3. The maximum Gasteiger partial charge on any atom is 0.437 e. The largest absolute Gasteiger partial charge is 0.770 e. The molecule has 1 aromatic rings. The van der Waals surface area contributed by atoms with E-state index in [0.29, 0.717) is 5.56 Å². The fraction of sp³-hybridized carbons (Fsp3) is 0.300. The normalized spacial score (nSPS) is 14.4. The molecule has 0 aliphatic heterocycles. The van der Waals surface area contributed by atoms with E-state index in [0.717, 1.165) is 0 Å². The first-order valence-electron chi connectivity index (χ1n) is 4.71. The van der Waals surface area contributed by atoms with E-state index in [4.69, 9.17) is 0 Å². The van der Waals surface area contributed by atoms with Gasteiger partial charge in [0.1, 0.15) is 0 Å². The molecular weight excluding hydrogens is 271 g/mol. The fourth-order valence-corrected chi connectivity index (χ4v) is 1.36. The highest BCUT2D eigenvalue weighted by molar-refractivity contribution is 7.78. The first-order valence-corrected chi connectivity index (χ1v) is 5.96. The minimum Gasteiger partial charge on any atom is -0.770 e. The molecule has 1 aromatic carbocycles. The summed E-state index contributed by atoms with van der Waals surface area (Å²) in [7, 11) is 0. The Labute approximate surface area is 104 Å². The second-order valence-corrected chi connectivity index (χ2v) is 4.15. The molecule has 0 N–H and O–H groups in total. The van der Waals surface area contributed by atoms with Crippen molar-refractivity contribution in [1.29, 1.82) is 0 Å². The van der Waals surface area contributed by atoms with E-state index in [1.165, 1.54) is 25.1 Å². The topological polar surface area (TPSA) is 61.7 Å². The predicted octanol–water partition coefficient (Wildman–Crippen LogP) is 2.11. The maximum atomic E-state index is 12.7. The van der Waals surface area contributed by atoms with Crippen LogP contribution in [0.25, 0.3) is 0 Å². The molecule has 0 saturated heterocycles. The third kappa shape index (κ3) is 4.11. The van der Waals surface area contributed by atoms with Crippen LogP contribution in [0.2, 0.25) is 0 Å². The molecule has 100 valence electrons. The van der Waals surface area contributed by atoms with E-state index in [1.54, 1.807) is 6.07 Å². The first kappa shape index (κ1) is 14.7. The third-order valence-electron chi connectivity index (χ3n) is 1.97. The van der Waals surface area contributed by atoms with Crippen molar-refractivity contribution in [3.63, 3.8) is 0 Å². The van der Waals surface area contributed by atoms with Gasteiger partial charge in [-0.05, 0) is 23.6 Å². The predicted molar refractivity (Wildman–Crippen MR) is 58.6 cm³/mol. The van der Waals surface area contributed by atoms with E-state index in [-0.39, 0.29) is 5.56 Å². The monoisotopic (exact) mass is 280 g/mol. The van der Waals surface area contributed by atoms with Crippen molar-refractivity contribution < 1.29 is 26.8 Å². The zero-order valence-electron chi connectivity index (χ0n) is 9.23. The van der Waals surface area contributed by atoms with Crippen molar-refractivity contribution in [3.05, 3.63) is 35.4 Å². The van der Waals surface area contributed by atoms with Crippen molar-refractivity contribution in [3.8, 4) is 0 Å². The molecule has 1 rings (SSSR count). The Bertz CT molecular complexity index is 474. The molecule has 0 aliphatic carbocycles. The highest BCUT2D eigenvalue weighted by Crippen LogP contribution is 2.24. The second-order valence-electron chi connectivity index (χ2n) is 3.30. The van der Waals surface area contributed by atoms with Gasteiger partial charge in [-0.15, -0.1) is 0 Å². The van der Waals surface area contributed by atoms with E-state index in [1.807, 2.05) is 0 Å². The van der Waals surface area contributed by atoms with Gasteiger partial charge in [0.25, 0.3) is 0 Å². The molecule has 0 spiro atoms. The summed E-state index contributed by atoms with van der Waals surface area (Å²) in [6.07, 6.45) is -4.73. The summed E-state index contributed by atoms with van der Waals surface area (Å²) >= 11 is -2.62. The Morgan fingerprint density at radius 1 is 1.44 bits per heavy atom. The lowest BCUT2D eigenvalue weighted by Crippen LogP contribution is -2.25. The molecule has 0 amide bonds. The van der Waals surface area contributed by atoms with Crippen LogP contribution in [0.1, 0.15) is 11.1 Å². The molecule has 1 unspecified atom stereocenters. The van der Waals surface area contributed by atoms with Crippen LogP contribution in [0, 0.1) is 6.92 Å². The van der Waals surface area contributed by atoms with Crippen molar-refractivity contribution in [2.45, 2.75) is 13.1 Å². The van der Waals surface area contributed by atoms with Crippen LogP contribution in [0.4, 0.5) is 13.2 Å². The molecule has 1 atom stereocenters. The van der Waals surface area contributed by atoms with Gasteiger partial charge in [0.15, 0.2) is 11.7 Å². The average Bonchev–Trinajstić information content (AvgIpc) is 2.24. The van der Waals surface area contributed by atoms with Crippen LogP contribution < -0.4 is 0 Å². The minimum absolute atomic E-state index is 0.151. The van der Waals surface area contributed by atoms with E-state index >= 15 is 0 Å². The first-order chi connectivity index (χ1) is 8.32. The zero-order valence-corrected chi connectivity index (χ0v) is 10.0. The molecule has 0 bridgehead atoms. The number of oxime groups is 1. The molecular formula is C10H9F3NO3S-. The highest BCUT2D eigenvalue weighted by atomic mass is 32.2. The van der Waals surface area contributed by atoms with Crippen LogP contribution in [0.15, 0.2) is 29.4 Å². The Hall–Kier alpha value is -1.41. The molecule has 0 radical (unpaired) electrons. The number of hydrogen-bond donors (Lipinski definition) is 0. The summed E-state index contributed by atoms with van der Waals surface area (Å²) in [5, 5.41) is 2.86. The Kier molecular flexibility index (Phi) is 4.85. The summed E-state index contributed by atoms with van der Waals surface area (Å²) < 4.78 is 58.6. The molecule has 4 nitrogen and oxygen atoms in total. The van der Waals surface area contributed by atoms with Gasteiger partial charge in [0.05, 0.1) is 0 Å². The number of nitrogens with zero attached hydrogens (tertiary/aromatic N) is 1. The zero-order chi connectivity index (χ0) is 13.8. The van der Waals surface area contributed by atoms with Gasteiger partial charge >= 0.3 is 6.18 Å². The van der Waals surface area contributed by atoms with Crippen LogP contribution in [0.5, 0.6) is 0 Å². The number of hydrogen-bond acceptors (Lipinski definition) is 4. The van der Waals surface area contributed by atoms with Gasteiger partial charge in [-0.3, -0.25) is 4.21 Å². The van der Waals surface area contributed by atoms with Crippen LogP contribution in [-0.4, -0.2) is 26.6 Å². The Morgan fingerprint density at radius 3 is 2.56 bits per heavy atom. The van der Waals surface area contributed by atoms with Gasteiger partial charge in [0.2, 0.25) is 0 Å². The van der Waals surface area contributed by atoms with Gasteiger partial charge in [-0.2, -0.15) is 13.2 Å². The van der Waals surface area contributed by atoms with Crippen LogP contribution in [-0.2, 0) is 15.9 Å². The van der Waals surface area contributed by atoms with Crippen molar-refractivity contribution >= 4 is 16.8 Å². The number of rotatable bonds is 4. The van der Waals surface area contributed by atoms with E-state index < -0.39 is 28.9 Å². The van der Waals surface area contributed by atoms with Crippen molar-refractivity contribution in [1.82, 2.24) is 0 Å². The van der Waals surface area contributed by atoms with Gasteiger partial charge in [-0.25, -0.2) is 0 Å². The standard InChI is InChI=1S/C10H10F3NO3S/c1-7-4-2-3-5-8(7)9(10(11,12)13)14-17-6-18(15)16/h2-5H,6H2,1H3,(H,15,16)/p-1. The Balaban J connectivity index is 3.07. The number of benzene rings is 1. The lowest BCUT2D eigenvalue weighted by Gasteiger charge is -2.12. The summed E-state index contributed by atoms with van der Waals surface area (Å²) in [4.78, 5) is 4.15. The molecule has 0 aromatic heterocycles. The SMILES string of the molecule is Cc1ccccc1C(=NOCS(=O)[O-])C(F)(F)F. The number of alkyl halides is 3. The van der Waals surface area contributed by atoms with Crippen molar-refractivity contribution in [2.24, 2.45) is 5.16 Å². The summed E-state index contributed by atoms with van der Waals surface area (Å²) in [5.41, 5.74) is -1.05. The minimum atomic E-state index is -4.73. The van der Waals surface area contributed by atoms with Gasteiger partial charge in [0, 0.05) is 5.56 Å². The molecule has 8 heteroatoms. The molecule has 0 fully saturated rings. The summed E-state index contributed by atoms with van der Waals surface area (Å²) in [6.45, 7) is 1.49. The van der Waals surface area contributed by atoms with E-state index in [2.05, 4.69) is 9.99 Å². The molecule has 0 aliphatic rings. The molecule has 18 heavy (non-hydrogen) atoms. The smallest absolute Gasteiger partial charge is 0.437 e. The third-order valence-corrected chi connectivity index (χ3v) is 2.27. The quantitative estimate of drug-likeness (QED) is 0.482. The van der Waals surface area contributed by atoms with E-state index in [9.17, 15) is 21.9 Å². The lowest BCUT2D eigenvalue weighted by atomic mass is 10.0. The number of aryl methyl sites for hydroxylation is 1. The highest BCUT2D eigenvalue weighted by Gasteiger charge is 2.38. The second kappa shape index (κ2) is 5.96. The summed E-state index contributed by atoms with van der Waals surface area (Å²) in [5.74, 6) is -0.925.